The molecule has 0 aromatic heterocycles. The highest BCUT2D eigenvalue weighted by molar-refractivity contribution is 5.83. The van der Waals surface area contributed by atoms with Crippen molar-refractivity contribution in [3.05, 3.63) is 28.3 Å². The van der Waals surface area contributed by atoms with Crippen molar-refractivity contribution in [1.82, 2.24) is 0 Å². The van der Waals surface area contributed by atoms with E-state index in [1.165, 1.54) is 25.3 Å². The Labute approximate surface area is 110 Å². The highest BCUT2D eigenvalue weighted by atomic mass is 16.6. The van der Waals surface area contributed by atoms with Crippen LogP contribution in [0.2, 0.25) is 0 Å². The number of ether oxygens (including phenoxy) is 1. The zero-order chi connectivity index (χ0) is 14.6. The molecule has 0 aliphatic heterocycles. The number of nitrogens with zero attached hydrogens (tertiary/aromatic N) is 1. The summed E-state index contributed by atoms with van der Waals surface area (Å²) in [7, 11) is 1.35. The molecule has 1 amide bonds. The fourth-order valence-corrected chi connectivity index (χ4v) is 1.66. The van der Waals surface area contributed by atoms with Crippen molar-refractivity contribution < 1.29 is 14.5 Å². The number of nitrogens with one attached hydrogen (secondary N) is 1. The van der Waals surface area contributed by atoms with Gasteiger partial charge in [-0.1, -0.05) is 13.8 Å². The molecule has 0 aliphatic rings. The summed E-state index contributed by atoms with van der Waals surface area (Å²) >= 11 is 0. The Bertz CT molecular complexity index is 488. The van der Waals surface area contributed by atoms with E-state index in [-0.39, 0.29) is 17.4 Å². The first kappa shape index (κ1) is 14.7. The van der Waals surface area contributed by atoms with Crippen molar-refractivity contribution in [3.63, 3.8) is 0 Å². The van der Waals surface area contributed by atoms with Gasteiger partial charge in [0.05, 0.1) is 12.0 Å². The molecule has 1 atom stereocenters. The number of benzene rings is 1. The van der Waals surface area contributed by atoms with E-state index in [2.05, 4.69) is 5.32 Å². The standard InChI is InChI=1S/C12H17N3O4/c1-7(2)11(12(13)16)14-8-4-5-9(15(17)18)10(6-8)19-3/h4-7,11,14H,1-3H3,(H2,13,16). The molecular formula is C12H17N3O4. The van der Waals surface area contributed by atoms with Gasteiger partial charge < -0.3 is 15.8 Å². The van der Waals surface area contributed by atoms with E-state index < -0.39 is 16.9 Å². The van der Waals surface area contributed by atoms with Gasteiger partial charge in [0.2, 0.25) is 5.91 Å². The van der Waals surface area contributed by atoms with Gasteiger partial charge in [0.1, 0.15) is 6.04 Å². The smallest absolute Gasteiger partial charge is 0.311 e. The van der Waals surface area contributed by atoms with Crippen LogP contribution in [0.5, 0.6) is 5.75 Å². The van der Waals surface area contributed by atoms with E-state index >= 15 is 0 Å². The number of anilines is 1. The average Bonchev–Trinajstić information content (AvgIpc) is 2.34. The number of carbonyl (C=O) groups is 1. The first-order chi connectivity index (χ1) is 8.86. The van der Waals surface area contributed by atoms with Crippen LogP contribution in [0.15, 0.2) is 18.2 Å². The van der Waals surface area contributed by atoms with Gasteiger partial charge in [-0.25, -0.2) is 0 Å². The minimum absolute atomic E-state index is 0.00122. The molecule has 7 heteroatoms. The van der Waals surface area contributed by atoms with Crippen molar-refractivity contribution in [2.75, 3.05) is 12.4 Å². The van der Waals surface area contributed by atoms with E-state index in [1.807, 2.05) is 13.8 Å². The Hall–Kier alpha value is -2.31. The predicted octanol–water partition coefficient (Wildman–Crippen LogP) is 1.53. The third kappa shape index (κ3) is 3.57. The molecular weight excluding hydrogens is 250 g/mol. The molecule has 0 radical (unpaired) electrons. The summed E-state index contributed by atoms with van der Waals surface area (Å²) in [6, 6.07) is 3.75. The summed E-state index contributed by atoms with van der Waals surface area (Å²) in [6.45, 7) is 3.70. The zero-order valence-corrected chi connectivity index (χ0v) is 11.0. The lowest BCUT2D eigenvalue weighted by atomic mass is 10.0. The van der Waals surface area contributed by atoms with Crippen LogP contribution in [-0.4, -0.2) is 24.0 Å². The van der Waals surface area contributed by atoms with Gasteiger partial charge in [-0.2, -0.15) is 0 Å². The normalized spacial score (nSPS) is 12.0. The molecule has 3 N–H and O–H groups in total. The largest absolute Gasteiger partial charge is 0.490 e. The van der Waals surface area contributed by atoms with Crippen LogP contribution in [-0.2, 0) is 4.79 Å². The van der Waals surface area contributed by atoms with E-state index in [4.69, 9.17) is 10.5 Å². The number of methoxy groups -OCH3 is 1. The minimum Gasteiger partial charge on any atom is -0.490 e. The molecule has 1 unspecified atom stereocenters. The summed E-state index contributed by atoms with van der Waals surface area (Å²) in [4.78, 5) is 21.5. The van der Waals surface area contributed by atoms with Crippen LogP contribution < -0.4 is 15.8 Å². The summed E-state index contributed by atoms with van der Waals surface area (Å²) in [5.74, 6) is -0.354. The Morgan fingerprint density at radius 3 is 2.53 bits per heavy atom. The molecule has 7 nitrogen and oxygen atoms in total. The minimum atomic E-state index is -0.550. The molecule has 1 aromatic rings. The van der Waals surface area contributed by atoms with E-state index in [9.17, 15) is 14.9 Å². The zero-order valence-electron chi connectivity index (χ0n) is 11.0. The van der Waals surface area contributed by atoms with Crippen LogP contribution >= 0.6 is 0 Å². The van der Waals surface area contributed by atoms with E-state index in [0.29, 0.717) is 5.69 Å². The van der Waals surface area contributed by atoms with Gasteiger partial charge in [-0.05, 0) is 12.0 Å². The van der Waals surface area contributed by atoms with Crippen LogP contribution in [0, 0.1) is 16.0 Å². The summed E-state index contributed by atoms with van der Waals surface area (Å²) < 4.78 is 4.95. The second-order valence-corrected chi connectivity index (χ2v) is 4.41. The highest BCUT2D eigenvalue weighted by Gasteiger charge is 2.21. The molecule has 0 aliphatic carbocycles. The number of nitro groups is 1. The Balaban J connectivity index is 3.03. The lowest BCUT2D eigenvalue weighted by Gasteiger charge is -2.20. The molecule has 19 heavy (non-hydrogen) atoms. The quantitative estimate of drug-likeness (QED) is 0.600. The van der Waals surface area contributed by atoms with Crippen molar-refractivity contribution in [2.45, 2.75) is 19.9 Å². The fourth-order valence-electron chi connectivity index (χ4n) is 1.66. The van der Waals surface area contributed by atoms with E-state index in [1.54, 1.807) is 0 Å². The number of primary amides is 1. The SMILES string of the molecule is COc1cc(NC(C(N)=O)C(C)C)ccc1[N+](=O)[O-]. The van der Waals surface area contributed by atoms with Crippen LogP contribution in [0.25, 0.3) is 0 Å². The monoisotopic (exact) mass is 267 g/mol. The highest BCUT2D eigenvalue weighted by Crippen LogP contribution is 2.30. The third-order valence-corrected chi connectivity index (χ3v) is 2.67. The summed E-state index contributed by atoms with van der Waals surface area (Å²) in [5, 5.41) is 13.7. The predicted molar refractivity (Wildman–Crippen MR) is 71.1 cm³/mol. The fraction of sp³-hybridized carbons (Fsp3) is 0.417. The molecule has 0 bridgehead atoms. The van der Waals surface area contributed by atoms with Gasteiger partial charge in [-0.15, -0.1) is 0 Å². The number of rotatable bonds is 6. The van der Waals surface area contributed by atoms with E-state index in [0.717, 1.165) is 0 Å². The summed E-state index contributed by atoms with van der Waals surface area (Å²) in [5.41, 5.74) is 5.70. The molecule has 0 spiro atoms. The number of hydrogen-bond acceptors (Lipinski definition) is 5. The van der Waals surface area contributed by atoms with Gasteiger partial charge in [0, 0.05) is 17.8 Å². The van der Waals surface area contributed by atoms with Gasteiger partial charge in [-0.3, -0.25) is 14.9 Å². The lowest BCUT2D eigenvalue weighted by molar-refractivity contribution is -0.385. The lowest BCUT2D eigenvalue weighted by Crippen LogP contribution is -2.39. The maximum atomic E-state index is 11.3. The van der Waals surface area contributed by atoms with Crippen molar-refractivity contribution >= 4 is 17.3 Å². The average molecular weight is 267 g/mol. The Morgan fingerprint density at radius 1 is 1.47 bits per heavy atom. The first-order valence-corrected chi connectivity index (χ1v) is 5.75. The number of nitro benzene ring substituents is 1. The molecule has 0 saturated heterocycles. The van der Waals surface area contributed by atoms with Crippen molar-refractivity contribution in [3.8, 4) is 5.75 Å². The second kappa shape index (κ2) is 6.03. The third-order valence-electron chi connectivity index (χ3n) is 2.67. The second-order valence-electron chi connectivity index (χ2n) is 4.41. The molecule has 0 fully saturated rings. The van der Waals surface area contributed by atoms with Crippen molar-refractivity contribution in [1.29, 1.82) is 0 Å². The topological polar surface area (TPSA) is 107 Å². The van der Waals surface area contributed by atoms with Crippen LogP contribution in [0.4, 0.5) is 11.4 Å². The maximum absolute atomic E-state index is 11.3. The number of carbonyl (C=O) groups excluding carboxylic acids is 1. The van der Waals surface area contributed by atoms with Gasteiger partial charge in [0.15, 0.2) is 5.75 Å². The number of hydrogen-bond donors (Lipinski definition) is 2. The molecule has 1 aromatic carbocycles. The molecule has 104 valence electrons. The van der Waals surface area contributed by atoms with Gasteiger partial charge in [0.25, 0.3) is 0 Å². The maximum Gasteiger partial charge on any atom is 0.311 e. The number of nitrogens with two attached hydrogens (primary N) is 1. The number of amides is 1. The Kier molecular flexibility index (Phi) is 4.68. The van der Waals surface area contributed by atoms with Gasteiger partial charge >= 0.3 is 5.69 Å². The van der Waals surface area contributed by atoms with Crippen LogP contribution in [0.1, 0.15) is 13.8 Å². The molecule has 0 heterocycles. The van der Waals surface area contributed by atoms with Crippen LogP contribution in [0.3, 0.4) is 0 Å². The molecule has 1 rings (SSSR count). The first-order valence-electron chi connectivity index (χ1n) is 5.75. The molecule has 0 saturated carbocycles. The van der Waals surface area contributed by atoms with Crippen molar-refractivity contribution in [2.24, 2.45) is 11.7 Å². The Morgan fingerprint density at radius 2 is 2.11 bits per heavy atom. The summed E-state index contributed by atoms with van der Waals surface area (Å²) in [6.07, 6.45) is 0.